The summed E-state index contributed by atoms with van der Waals surface area (Å²) in [5, 5.41) is 0. The van der Waals surface area contributed by atoms with Crippen molar-refractivity contribution in [1.29, 1.82) is 0 Å². The van der Waals surface area contributed by atoms with Gasteiger partial charge in [0, 0.05) is 12.6 Å². The summed E-state index contributed by atoms with van der Waals surface area (Å²) in [4.78, 5) is 13.4. The highest BCUT2D eigenvalue weighted by Crippen LogP contribution is 2.20. The van der Waals surface area contributed by atoms with Crippen LogP contribution in [-0.2, 0) is 0 Å². The average Bonchev–Trinajstić information content (AvgIpc) is 2.41. The minimum Gasteiger partial charge on any atom is -0.309 e. The molecule has 0 saturated carbocycles. The summed E-state index contributed by atoms with van der Waals surface area (Å²) in [5.74, 6) is -1.23. The Morgan fingerprint density at radius 1 is 1.05 bits per heavy atom. The highest BCUT2D eigenvalue weighted by Gasteiger charge is 2.16. The van der Waals surface area contributed by atoms with Crippen molar-refractivity contribution in [3.05, 3.63) is 65.2 Å². The van der Waals surface area contributed by atoms with E-state index in [4.69, 9.17) is 0 Å². The van der Waals surface area contributed by atoms with Crippen molar-refractivity contribution in [3.63, 3.8) is 0 Å². The van der Waals surface area contributed by atoms with Crippen molar-refractivity contribution in [1.82, 2.24) is 0 Å². The van der Waals surface area contributed by atoms with Crippen molar-refractivity contribution in [3.8, 4) is 0 Å². The van der Waals surface area contributed by atoms with Crippen LogP contribution < -0.4 is 4.90 Å². The number of nitrogens with zero attached hydrogens (tertiary/aromatic N) is 1. The second-order valence-electron chi connectivity index (χ2n) is 4.28. The Morgan fingerprint density at radius 3 is 2.37 bits per heavy atom. The molecule has 0 radical (unpaired) electrons. The fourth-order valence-corrected chi connectivity index (χ4v) is 1.80. The van der Waals surface area contributed by atoms with E-state index in [0.717, 1.165) is 0 Å². The largest absolute Gasteiger partial charge is 0.309 e. The summed E-state index contributed by atoms with van der Waals surface area (Å²) < 4.78 is 26.8. The lowest BCUT2D eigenvalue weighted by atomic mass is 10.1. The van der Waals surface area contributed by atoms with Crippen LogP contribution in [0.25, 0.3) is 0 Å². The van der Waals surface area contributed by atoms with Crippen LogP contribution >= 0.6 is 0 Å². The van der Waals surface area contributed by atoms with Crippen LogP contribution in [0, 0.1) is 18.6 Å². The molecule has 0 aliphatic carbocycles. The van der Waals surface area contributed by atoms with Crippen LogP contribution in [-0.4, -0.2) is 13.0 Å². The molecule has 2 nitrogen and oxygen atoms in total. The van der Waals surface area contributed by atoms with Crippen molar-refractivity contribution in [2.45, 2.75) is 6.92 Å². The van der Waals surface area contributed by atoms with Crippen LogP contribution in [0.15, 0.2) is 42.5 Å². The lowest BCUT2D eigenvalue weighted by molar-refractivity contribution is 0.0992. The Bertz CT molecular complexity index is 625. The highest BCUT2D eigenvalue weighted by molar-refractivity contribution is 6.05. The summed E-state index contributed by atoms with van der Waals surface area (Å²) >= 11 is 0. The van der Waals surface area contributed by atoms with Crippen LogP contribution in [0.5, 0.6) is 0 Å². The summed E-state index contributed by atoms with van der Waals surface area (Å²) in [6.45, 7) is 1.58. The van der Waals surface area contributed by atoms with Gasteiger partial charge in [0.05, 0.1) is 5.69 Å². The molecular weight excluding hydrogens is 248 g/mol. The number of rotatable bonds is 2. The molecule has 0 N–H and O–H groups in total. The molecule has 1 amide bonds. The molecule has 0 aliphatic rings. The number of hydrogen-bond acceptors (Lipinski definition) is 1. The van der Waals surface area contributed by atoms with Gasteiger partial charge in [0.15, 0.2) is 0 Å². The van der Waals surface area contributed by atoms with Gasteiger partial charge in [0.2, 0.25) is 0 Å². The molecule has 0 unspecified atom stereocenters. The third-order valence-electron chi connectivity index (χ3n) is 2.92. The smallest absolute Gasteiger partial charge is 0.258 e. The molecule has 98 valence electrons. The third kappa shape index (κ3) is 2.62. The van der Waals surface area contributed by atoms with E-state index in [-0.39, 0.29) is 17.4 Å². The molecule has 2 rings (SSSR count). The Labute approximate surface area is 110 Å². The lowest BCUT2D eigenvalue weighted by Gasteiger charge is -2.18. The number of carbonyl (C=O) groups excluding carboxylic acids is 1. The number of anilines is 1. The first kappa shape index (κ1) is 13.2. The monoisotopic (exact) mass is 261 g/mol. The second-order valence-corrected chi connectivity index (χ2v) is 4.28. The molecule has 2 aromatic carbocycles. The fourth-order valence-electron chi connectivity index (χ4n) is 1.80. The van der Waals surface area contributed by atoms with Crippen LogP contribution in [0.1, 0.15) is 15.9 Å². The van der Waals surface area contributed by atoms with Gasteiger partial charge in [0.25, 0.3) is 5.91 Å². The van der Waals surface area contributed by atoms with E-state index in [0.29, 0.717) is 11.1 Å². The van der Waals surface area contributed by atoms with Gasteiger partial charge in [0.1, 0.15) is 11.6 Å². The first-order valence-corrected chi connectivity index (χ1v) is 5.79. The molecular formula is C15H13F2NO. The van der Waals surface area contributed by atoms with Crippen molar-refractivity contribution in [2.24, 2.45) is 0 Å². The van der Waals surface area contributed by atoms with Gasteiger partial charge in [-0.05, 0) is 42.8 Å². The summed E-state index contributed by atoms with van der Waals surface area (Å²) in [5.41, 5.74) is 0.895. The molecule has 0 atom stereocenters. The number of aryl methyl sites for hydroxylation is 1. The molecule has 0 aliphatic heterocycles. The molecule has 0 heterocycles. The Morgan fingerprint density at radius 2 is 1.74 bits per heavy atom. The number of carbonyl (C=O) groups is 1. The standard InChI is InChI=1S/C15H13F2NO/c1-10-9-11(7-8-12(10)16)15(19)18(2)14-6-4-3-5-13(14)17/h3-9H,1-2H3. The Hall–Kier alpha value is -2.23. The van der Waals surface area contributed by atoms with E-state index in [2.05, 4.69) is 0 Å². The minimum atomic E-state index is -0.475. The zero-order valence-corrected chi connectivity index (χ0v) is 10.7. The van der Waals surface area contributed by atoms with Gasteiger partial charge >= 0.3 is 0 Å². The Balaban J connectivity index is 2.34. The number of benzene rings is 2. The van der Waals surface area contributed by atoms with E-state index >= 15 is 0 Å². The Kier molecular flexibility index (Phi) is 3.60. The van der Waals surface area contributed by atoms with Crippen molar-refractivity contribution < 1.29 is 13.6 Å². The maximum Gasteiger partial charge on any atom is 0.258 e. The van der Waals surface area contributed by atoms with Gasteiger partial charge in [-0.3, -0.25) is 4.79 Å². The predicted octanol–water partition coefficient (Wildman–Crippen LogP) is 3.55. The summed E-state index contributed by atoms with van der Waals surface area (Å²) in [6, 6.07) is 10.1. The van der Waals surface area contributed by atoms with Crippen LogP contribution in [0.4, 0.5) is 14.5 Å². The van der Waals surface area contributed by atoms with E-state index in [9.17, 15) is 13.6 Å². The normalized spacial score (nSPS) is 10.3. The zero-order chi connectivity index (χ0) is 14.0. The van der Waals surface area contributed by atoms with Gasteiger partial charge in [-0.2, -0.15) is 0 Å². The van der Waals surface area contributed by atoms with E-state index < -0.39 is 5.82 Å². The summed E-state index contributed by atoms with van der Waals surface area (Å²) in [7, 11) is 1.49. The first-order valence-electron chi connectivity index (χ1n) is 5.79. The zero-order valence-electron chi connectivity index (χ0n) is 10.7. The quantitative estimate of drug-likeness (QED) is 0.809. The highest BCUT2D eigenvalue weighted by atomic mass is 19.1. The van der Waals surface area contributed by atoms with Crippen molar-refractivity contribution >= 4 is 11.6 Å². The average molecular weight is 261 g/mol. The topological polar surface area (TPSA) is 20.3 Å². The molecule has 0 fully saturated rings. The number of para-hydroxylation sites is 1. The number of hydrogen-bond donors (Lipinski definition) is 0. The van der Waals surface area contributed by atoms with E-state index in [1.165, 1.54) is 42.3 Å². The molecule has 0 spiro atoms. The van der Waals surface area contributed by atoms with Gasteiger partial charge in [-0.1, -0.05) is 12.1 Å². The summed E-state index contributed by atoms with van der Waals surface area (Å²) in [6.07, 6.45) is 0. The SMILES string of the molecule is Cc1cc(C(=O)N(C)c2ccccc2F)ccc1F. The molecule has 4 heteroatoms. The van der Waals surface area contributed by atoms with E-state index in [1.54, 1.807) is 19.1 Å². The van der Waals surface area contributed by atoms with Crippen molar-refractivity contribution in [2.75, 3.05) is 11.9 Å². The fraction of sp³-hybridized carbons (Fsp3) is 0.133. The maximum absolute atomic E-state index is 13.6. The number of amides is 1. The molecule has 0 bridgehead atoms. The van der Waals surface area contributed by atoms with Crippen LogP contribution in [0.3, 0.4) is 0 Å². The second kappa shape index (κ2) is 5.18. The lowest BCUT2D eigenvalue weighted by Crippen LogP contribution is -2.27. The molecule has 0 saturated heterocycles. The predicted molar refractivity (Wildman–Crippen MR) is 70.3 cm³/mol. The molecule has 0 aromatic heterocycles. The van der Waals surface area contributed by atoms with E-state index in [1.807, 2.05) is 0 Å². The minimum absolute atomic E-state index is 0.189. The van der Waals surface area contributed by atoms with Crippen LogP contribution in [0.2, 0.25) is 0 Å². The maximum atomic E-state index is 13.6. The van der Waals surface area contributed by atoms with Gasteiger partial charge in [-0.15, -0.1) is 0 Å². The third-order valence-corrected chi connectivity index (χ3v) is 2.92. The van der Waals surface area contributed by atoms with Gasteiger partial charge < -0.3 is 4.90 Å². The molecule has 19 heavy (non-hydrogen) atoms. The van der Waals surface area contributed by atoms with Gasteiger partial charge in [-0.25, -0.2) is 8.78 Å². The number of halogens is 2. The molecule has 2 aromatic rings. The first-order chi connectivity index (χ1) is 9.00.